The molecule has 0 radical (unpaired) electrons. The molecule has 1 aromatic rings. The molecule has 0 fully saturated rings. The maximum Gasteiger partial charge on any atom is 0.416 e. The van der Waals surface area contributed by atoms with Crippen molar-refractivity contribution in [2.45, 2.75) is 11.1 Å². The Kier molecular flexibility index (Phi) is 3.07. The number of rotatable bonds is 1. The van der Waals surface area contributed by atoms with E-state index in [0.717, 1.165) is 12.1 Å². The fraction of sp³-hybridized carbons (Fsp3) is 0.143. The van der Waals surface area contributed by atoms with E-state index >= 15 is 0 Å². The highest BCUT2D eigenvalue weighted by Gasteiger charge is 2.31. The van der Waals surface area contributed by atoms with E-state index < -0.39 is 25.7 Å². The van der Waals surface area contributed by atoms with Crippen LogP contribution in [0.4, 0.5) is 13.2 Å². The lowest BCUT2D eigenvalue weighted by Crippen LogP contribution is -2.15. The fourth-order valence-corrected chi connectivity index (χ4v) is 2.26. The summed E-state index contributed by atoms with van der Waals surface area (Å²) >= 11 is 0. The van der Waals surface area contributed by atoms with E-state index in [2.05, 4.69) is 0 Å². The van der Waals surface area contributed by atoms with E-state index in [1.165, 1.54) is 7.85 Å². The van der Waals surface area contributed by atoms with Gasteiger partial charge in [-0.2, -0.15) is 13.2 Å². The minimum absolute atomic E-state index is 0.179. The first kappa shape index (κ1) is 12.4. The minimum Gasteiger partial charge on any atom is -0.207 e. The zero-order chi connectivity index (χ0) is 11.9. The molecule has 0 aliphatic carbocycles. The molecule has 0 aliphatic rings. The summed E-state index contributed by atoms with van der Waals surface area (Å²) in [6, 6.07) is 2.40. The van der Waals surface area contributed by atoms with Crippen molar-refractivity contribution in [2.75, 3.05) is 0 Å². The molecule has 82 valence electrons. The summed E-state index contributed by atoms with van der Waals surface area (Å²) in [6.45, 7) is 0. The summed E-state index contributed by atoms with van der Waals surface area (Å²) in [5.41, 5.74) is -0.856. The van der Waals surface area contributed by atoms with Crippen molar-refractivity contribution < 1.29 is 21.6 Å². The number of hydrogen-bond acceptors (Lipinski definition) is 2. The van der Waals surface area contributed by atoms with Crippen LogP contribution in [-0.4, -0.2) is 16.3 Å². The Balaban J connectivity index is 3.43. The van der Waals surface area contributed by atoms with E-state index in [-0.39, 0.29) is 5.46 Å². The van der Waals surface area contributed by atoms with Crippen LogP contribution < -0.4 is 5.46 Å². The van der Waals surface area contributed by atoms with Gasteiger partial charge in [0.05, 0.1) is 10.5 Å². The maximum absolute atomic E-state index is 12.2. The van der Waals surface area contributed by atoms with Crippen LogP contribution in [0.1, 0.15) is 5.56 Å². The third kappa shape index (κ3) is 2.88. The molecule has 0 spiro atoms. The van der Waals surface area contributed by atoms with Crippen LogP contribution in [0.3, 0.4) is 0 Å². The summed E-state index contributed by atoms with van der Waals surface area (Å²) < 4.78 is 58.6. The van der Waals surface area contributed by atoms with Crippen LogP contribution >= 0.6 is 10.7 Å². The van der Waals surface area contributed by atoms with E-state index in [9.17, 15) is 21.6 Å². The highest BCUT2D eigenvalue weighted by molar-refractivity contribution is 8.13. The summed E-state index contributed by atoms with van der Waals surface area (Å²) in [7, 11) is 2.22. The maximum atomic E-state index is 12.2. The molecule has 0 aromatic heterocycles. The van der Waals surface area contributed by atoms with Crippen LogP contribution in [0, 0.1) is 0 Å². The molecular formula is C7H5BClF3O2S. The van der Waals surface area contributed by atoms with Crippen molar-refractivity contribution in [3.8, 4) is 0 Å². The monoisotopic (exact) mass is 256 g/mol. The van der Waals surface area contributed by atoms with Crippen LogP contribution in [0.2, 0.25) is 0 Å². The molecule has 0 saturated heterocycles. The van der Waals surface area contributed by atoms with Crippen molar-refractivity contribution in [3.63, 3.8) is 0 Å². The number of halogens is 4. The molecule has 0 saturated carbocycles. The lowest BCUT2D eigenvalue weighted by molar-refractivity contribution is -0.137. The molecule has 0 N–H and O–H groups in total. The van der Waals surface area contributed by atoms with E-state index in [1.807, 2.05) is 0 Å². The molecule has 1 rings (SSSR count). The molecule has 0 bridgehead atoms. The second-order valence-electron chi connectivity index (χ2n) is 2.92. The van der Waals surface area contributed by atoms with Gasteiger partial charge in [-0.15, -0.1) is 0 Å². The lowest BCUT2D eigenvalue weighted by Gasteiger charge is -2.09. The van der Waals surface area contributed by atoms with Crippen molar-refractivity contribution in [3.05, 3.63) is 23.8 Å². The van der Waals surface area contributed by atoms with Gasteiger partial charge >= 0.3 is 6.18 Å². The van der Waals surface area contributed by atoms with Crippen LogP contribution in [0.25, 0.3) is 0 Å². The second-order valence-corrected chi connectivity index (χ2v) is 5.45. The molecule has 0 atom stereocenters. The third-order valence-electron chi connectivity index (χ3n) is 1.78. The van der Waals surface area contributed by atoms with Gasteiger partial charge in [-0.05, 0) is 6.07 Å². The first-order chi connectivity index (χ1) is 6.62. The molecular weight excluding hydrogens is 251 g/mol. The lowest BCUT2D eigenvalue weighted by atomic mass is 9.95. The van der Waals surface area contributed by atoms with Gasteiger partial charge in [0.1, 0.15) is 7.85 Å². The van der Waals surface area contributed by atoms with Gasteiger partial charge in [0.2, 0.25) is 0 Å². The Labute approximate surface area is 89.9 Å². The van der Waals surface area contributed by atoms with Crippen molar-refractivity contribution in [1.82, 2.24) is 0 Å². The zero-order valence-corrected chi connectivity index (χ0v) is 9.04. The second kappa shape index (κ2) is 3.71. The highest BCUT2D eigenvalue weighted by Crippen LogP contribution is 2.30. The first-order valence-corrected chi connectivity index (χ1v) is 6.06. The summed E-state index contributed by atoms with van der Waals surface area (Å²) in [5.74, 6) is 0. The largest absolute Gasteiger partial charge is 0.416 e. The summed E-state index contributed by atoms with van der Waals surface area (Å²) in [5, 5.41) is 0. The molecule has 0 heterocycles. The number of alkyl halides is 3. The van der Waals surface area contributed by atoms with Gasteiger partial charge < -0.3 is 0 Å². The average Bonchev–Trinajstić information content (AvgIpc) is 2.00. The van der Waals surface area contributed by atoms with Crippen LogP contribution in [-0.2, 0) is 15.2 Å². The zero-order valence-electron chi connectivity index (χ0n) is 7.47. The SMILES string of the molecule is Bc1ccc(C(F)(F)F)cc1S(=O)(=O)Cl. The van der Waals surface area contributed by atoms with Gasteiger partial charge in [-0.1, -0.05) is 17.6 Å². The Morgan fingerprint density at radius 2 is 1.80 bits per heavy atom. The topological polar surface area (TPSA) is 34.1 Å². The molecule has 2 nitrogen and oxygen atoms in total. The van der Waals surface area contributed by atoms with E-state index in [4.69, 9.17) is 10.7 Å². The Morgan fingerprint density at radius 1 is 1.27 bits per heavy atom. The number of hydrogen-bond donors (Lipinski definition) is 0. The summed E-state index contributed by atoms with van der Waals surface area (Å²) in [6.07, 6.45) is -4.58. The predicted molar refractivity (Wildman–Crippen MR) is 52.7 cm³/mol. The van der Waals surface area contributed by atoms with E-state index in [0.29, 0.717) is 6.07 Å². The number of benzene rings is 1. The smallest absolute Gasteiger partial charge is 0.207 e. The van der Waals surface area contributed by atoms with Gasteiger partial charge in [0.25, 0.3) is 9.05 Å². The third-order valence-corrected chi connectivity index (χ3v) is 3.24. The van der Waals surface area contributed by atoms with Crippen LogP contribution in [0.5, 0.6) is 0 Å². The van der Waals surface area contributed by atoms with Gasteiger partial charge in [0.15, 0.2) is 0 Å². The molecule has 15 heavy (non-hydrogen) atoms. The molecule has 0 unspecified atom stereocenters. The average molecular weight is 256 g/mol. The van der Waals surface area contributed by atoms with Crippen LogP contribution in [0.15, 0.2) is 23.1 Å². The Bertz CT molecular complexity index is 483. The van der Waals surface area contributed by atoms with Gasteiger partial charge in [0, 0.05) is 10.7 Å². The Morgan fingerprint density at radius 3 is 2.20 bits per heavy atom. The Hall–Kier alpha value is -0.685. The molecule has 1 aromatic carbocycles. The summed E-state index contributed by atoms with van der Waals surface area (Å²) in [4.78, 5) is -0.515. The standard InChI is InChI=1S/C7H5BClF3O2S/c8-5-2-1-4(7(10,11)12)3-6(5)15(9,13)14/h1-3H,8H2. The van der Waals surface area contributed by atoms with Crippen molar-refractivity contribution in [1.29, 1.82) is 0 Å². The first-order valence-electron chi connectivity index (χ1n) is 3.75. The van der Waals surface area contributed by atoms with Gasteiger partial charge in [-0.3, -0.25) is 0 Å². The normalized spacial score (nSPS) is 12.8. The minimum atomic E-state index is -4.58. The predicted octanol–water partition coefficient (Wildman–Crippen LogP) is 0.891. The fourth-order valence-electron chi connectivity index (χ4n) is 1.04. The molecule has 8 heteroatoms. The molecule has 0 aliphatic heterocycles. The van der Waals surface area contributed by atoms with Crippen molar-refractivity contribution in [2.24, 2.45) is 0 Å². The van der Waals surface area contributed by atoms with E-state index in [1.54, 1.807) is 0 Å². The quantitative estimate of drug-likeness (QED) is 0.552. The van der Waals surface area contributed by atoms with Gasteiger partial charge in [-0.25, -0.2) is 8.42 Å². The van der Waals surface area contributed by atoms with Crippen molar-refractivity contribution >= 4 is 33.0 Å². The highest BCUT2D eigenvalue weighted by atomic mass is 35.7. The molecule has 0 amide bonds.